The van der Waals surface area contributed by atoms with E-state index in [4.69, 9.17) is 4.74 Å². The van der Waals surface area contributed by atoms with Gasteiger partial charge in [-0.2, -0.15) is 5.10 Å². The number of amides is 1. The number of fused-ring (bicyclic) bond motifs is 1. The molecule has 2 aromatic carbocycles. The molecule has 2 heterocycles. The Kier molecular flexibility index (Phi) is 4.80. The molecule has 0 fully saturated rings. The van der Waals surface area contributed by atoms with Crippen molar-refractivity contribution in [3.8, 4) is 11.5 Å². The van der Waals surface area contributed by atoms with Crippen molar-refractivity contribution >= 4 is 5.91 Å². The lowest BCUT2D eigenvalue weighted by molar-refractivity contribution is 0.0686. The zero-order valence-corrected chi connectivity index (χ0v) is 16.1. The van der Waals surface area contributed by atoms with E-state index in [1.165, 1.54) is 9.58 Å². The van der Waals surface area contributed by atoms with E-state index in [2.05, 4.69) is 5.10 Å². The van der Waals surface area contributed by atoms with Gasteiger partial charge in [-0.25, -0.2) is 0 Å². The summed E-state index contributed by atoms with van der Waals surface area (Å²) in [5.74, 6) is -0.463. The van der Waals surface area contributed by atoms with E-state index < -0.39 is 17.1 Å². The number of benzene rings is 2. The summed E-state index contributed by atoms with van der Waals surface area (Å²) in [5.41, 5.74) is 1.25. The zero-order valence-electron chi connectivity index (χ0n) is 16.1. The molecule has 3 aromatic rings. The van der Waals surface area contributed by atoms with Gasteiger partial charge < -0.3 is 14.7 Å². The molecule has 7 heteroatoms. The number of rotatable bonds is 4. The number of hydrogen-bond donors (Lipinski definition) is 1. The first-order chi connectivity index (χ1) is 14.0. The molecular formula is C22H21N3O4. The maximum atomic E-state index is 12.7. The van der Waals surface area contributed by atoms with Crippen LogP contribution >= 0.6 is 0 Å². The fourth-order valence-electron chi connectivity index (χ4n) is 3.91. The first-order valence-corrected chi connectivity index (χ1v) is 9.26. The molecule has 0 radical (unpaired) electrons. The Hall–Kier alpha value is -3.61. The predicted molar refractivity (Wildman–Crippen MR) is 107 cm³/mol. The van der Waals surface area contributed by atoms with E-state index in [1.807, 2.05) is 54.6 Å². The van der Waals surface area contributed by atoms with Crippen molar-refractivity contribution in [1.29, 1.82) is 0 Å². The van der Waals surface area contributed by atoms with Gasteiger partial charge in [-0.3, -0.25) is 14.3 Å². The van der Waals surface area contributed by atoms with Crippen molar-refractivity contribution in [1.82, 2.24) is 14.7 Å². The van der Waals surface area contributed by atoms with Gasteiger partial charge in [-0.15, -0.1) is 0 Å². The number of carbonyl (C=O) groups is 1. The monoisotopic (exact) mass is 391 g/mol. The van der Waals surface area contributed by atoms with E-state index in [-0.39, 0.29) is 17.7 Å². The summed E-state index contributed by atoms with van der Waals surface area (Å²) in [6, 6.07) is 17.3. The second kappa shape index (κ2) is 7.43. The second-order valence-electron chi connectivity index (χ2n) is 7.07. The highest BCUT2D eigenvalue weighted by Gasteiger charge is 2.38. The fraction of sp³-hybridized carbons (Fsp3) is 0.227. The zero-order chi connectivity index (χ0) is 20.5. The summed E-state index contributed by atoms with van der Waals surface area (Å²) in [5, 5.41) is 14.5. The Bertz CT molecular complexity index is 1110. The molecule has 148 valence electrons. The summed E-state index contributed by atoms with van der Waals surface area (Å²) < 4.78 is 6.88. The van der Waals surface area contributed by atoms with Crippen LogP contribution in [-0.4, -0.2) is 46.4 Å². The third-order valence-electron chi connectivity index (χ3n) is 5.31. The maximum absolute atomic E-state index is 12.7. The van der Waals surface area contributed by atoms with Crippen molar-refractivity contribution in [2.45, 2.75) is 12.0 Å². The maximum Gasteiger partial charge on any atom is 0.275 e. The van der Waals surface area contributed by atoms with E-state index in [0.29, 0.717) is 6.54 Å². The average molecular weight is 391 g/mol. The van der Waals surface area contributed by atoms with Gasteiger partial charge in [0.2, 0.25) is 5.43 Å². The highest BCUT2D eigenvalue weighted by Crippen LogP contribution is 2.39. The second-order valence-corrected chi connectivity index (χ2v) is 7.07. The number of aromatic hydroxyl groups is 1. The topological polar surface area (TPSA) is 84.7 Å². The first-order valence-electron chi connectivity index (χ1n) is 9.26. The molecular weight excluding hydrogens is 370 g/mol. The molecule has 0 spiro atoms. The van der Waals surface area contributed by atoms with Crippen molar-refractivity contribution < 1.29 is 14.6 Å². The molecule has 4 rings (SSSR count). The lowest BCUT2D eigenvalue weighted by Crippen LogP contribution is -2.45. The van der Waals surface area contributed by atoms with Crippen LogP contribution in [0.15, 0.2) is 65.6 Å². The van der Waals surface area contributed by atoms with Gasteiger partial charge in [0.25, 0.3) is 5.91 Å². The van der Waals surface area contributed by atoms with Crippen LogP contribution in [-0.2, 0) is 0 Å². The van der Waals surface area contributed by atoms with Crippen LogP contribution in [0, 0.1) is 0 Å². The molecule has 2 atom stereocenters. The summed E-state index contributed by atoms with van der Waals surface area (Å²) in [4.78, 5) is 26.1. The molecule has 0 aliphatic carbocycles. The SMILES string of the molecule is COc1cccc([C@@H](c2ccccc2)[C@H]2CN(C)C(=O)c3c(O)c(=O)cnn32)c1. The van der Waals surface area contributed by atoms with Gasteiger partial charge in [0.15, 0.2) is 11.4 Å². The van der Waals surface area contributed by atoms with Crippen molar-refractivity contribution in [2.75, 3.05) is 20.7 Å². The largest absolute Gasteiger partial charge is 0.502 e. The molecule has 0 unspecified atom stereocenters. The minimum atomic E-state index is -0.670. The molecule has 1 aromatic heterocycles. The summed E-state index contributed by atoms with van der Waals surface area (Å²) in [6.07, 6.45) is 1.05. The molecule has 0 saturated carbocycles. The third kappa shape index (κ3) is 3.24. The minimum Gasteiger partial charge on any atom is -0.502 e. The van der Waals surface area contributed by atoms with Gasteiger partial charge in [-0.1, -0.05) is 42.5 Å². The Morgan fingerprint density at radius 3 is 2.55 bits per heavy atom. The normalized spacial score (nSPS) is 17.0. The summed E-state index contributed by atoms with van der Waals surface area (Å²) >= 11 is 0. The Balaban J connectivity index is 1.94. The van der Waals surface area contributed by atoms with Crippen LogP contribution in [0.4, 0.5) is 0 Å². The van der Waals surface area contributed by atoms with Gasteiger partial charge in [0.05, 0.1) is 19.3 Å². The number of likely N-dealkylation sites (N-methyl/N-ethyl adjacent to an activating group) is 1. The number of carbonyl (C=O) groups excluding carboxylic acids is 1. The van der Waals surface area contributed by atoms with Crippen LogP contribution in [0.3, 0.4) is 0 Å². The minimum absolute atomic E-state index is 0.0833. The van der Waals surface area contributed by atoms with Gasteiger partial charge in [0.1, 0.15) is 5.75 Å². The van der Waals surface area contributed by atoms with E-state index in [1.54, 1.807) is 14.2 Å². The van der Waals surface area contributed by atoms with Crippen LogP contribution in [0.2, 0.25) is 0 Å². The van der Waals surface area contributed by atoms with Crippen molar-refractivity contribution in [2.24, 2.45) is 0 Å². The van der Waals surface area contributed by atoms with E-state index in [0.717, 1.165) is 23.1 Å². The molecule has 1 aliphatic heterocycles. The number of hydrogen-bond acceptors (Lipinski definition) is 5. The predicted octanol–water partition coefficient (Wildman–Crippen LogP) is 2.42. The molecule has 0 saturated heterocycles. The number of nitrogens with zero attached hydrogens (tertiary/aromatic N) is 3. The first kappa shape index (κ1) is 18.7. The summed E-state index contributed by atoms with van der Waals surface area (Å²) in [6.45, 7) is 0.373. The third-order valence-corrected chi connectivity index (χ3v) is 5.31. The number of ether oxygens (including phenoxy) is 1. The van der Waals surface area contributed by atoms with Crippen LogP contribution in [0.1, 0.15) is 33.6 Å². The van der Waals surface area contributed by atoms with Crippen LogP contribution < -0.4 is 10.2 Å². The van der Waals surface area contributed by atoms with E-state index >= 15 is 0 Å². The summed E-state index contributed by atoms with van der Waals surface area (Å²) in [7, 11) is 3.27. The smallest absolute Gasteiger partial charge is 0.275 e. The quantitative estimate of drug-likeness (QED) is 0.738. The molecule has 29 heavy (non-hydrogen) atoms. The van der Waals surface area contributed by atoms with Gasteiger partial charge in [0, 0.05) is 19.5 Å². The Morgan fingerprint density at radius 2 is 1.83 bits per heavy atom. The average Bonchev–Trinajstić information content (AvgIpc) is 2.75. The lowest BCUT2D eigenvalue weighted by Gasteiger charge is -2.37. The molecule has 1 amide bonds. The molecule has 1 aliphatic rings. The van der Waals surface area contributed by atoms with Crippen molar-refractivity contribution in [3.05, 3.63) is 87.8 Å². The van der Waals surface area contributed by atoms with Crippen LogP contribution in [0.25, 0.3) is 0 Å². The Morgan fingerprint density at radius 1 is 1.10 bits per heavy atom. The fourth-order valence-corrected chi connectivity index (χ4v) is 3.91. The molecule has 1 N–H and O–H groups in total. The van der Waals surface area contributed by atoms with Gasteiger partial charge >= 0.3 is 0 Å². The Labute approximate surface area is 167 Å². The van der Waals surface area contributed by atoms with Crippen molar-refractivity contribution in [3.63, 3.8) is 0 Å². The number of methoxy groups -OCH3 is 1. The lowest BCUT2D eigenvalue weighted by atomic mass is 9.83. The highest BCUT2D eigenvalue weighted by atomic mass is 16.5. The molecule has 7 nitrogen and oxygen atoms in total. The van der Waals surface area contributed by atoms with E-state index in [9.17, 15) is 14.7 Å². The van der Waals surface area contributed by atoms with Crippen LogP contribution in [0.5, 0.6) is 11.5 Å². The molecule has 0 bridgehead atoms. The number of aromatic nitrogens is 2. The highest BCUT2D eigenvalue weighted by molar-refractivity contribution is 5.95. The van der Waals surface area contributed by atoms with Gasteiger partial charge in [-0.05, 0) is 23.3 Å². The standard InChI is InChI=1S/C22H21N3O4/c1-24-13-17(25-20(22(24)28)21(27)18(26)12-23-25)19(14-7-4-3-5-8-14)15-9-6-10-16(11-15)29-2/h3-12,17,19,27H,13H2,1-2H3/t17-,19-/m1/s1.